The van der Waals surface area contributed by atoms with Gasteiger partial charge in [-0.15, -0.1) is 0 Å². The molecular weight excluding hydrogens is 240 g/mol. The normalized spacial score (nSPS) is 23.1. The van der Waals surface area contributed by atoms with Gasteiger partial charge in [0.25, 0.3) is 0 Å². The van der Waals surface area contributed by atoms with Gasteiger partial charge in [0.15, 0.2) is 0 Å². The number of ether oxygens (including phenoxy) is 1. The third kappa shape index (κ3) is 4.26. The van der Waals surface area contributed by atoms with Crippen molar-refractivity contribution < 1.29 is 4.74 Å². The highest BCUT2D eigenvalue weighted by molar-refractivity contribution is 5.42. The molecule has 1 aliphatic carbocycles. The zero-order valence-electron chi connectivity index (χ0n) is 11.9. The lowest BCUT2D eigenvalue weighted by atomic mass is 9.81. The molecule has 5 heteroatoms. The number of methoxy groups -OCH3 is 1. The molecule has 0 aliphatic heterocycles. The van der Waals surface area contributed by atoms with Crippen LogP contribution in [0.25, 0.3) is 0 Å². The Kier molecular flexibility index (Phi) is 4.82. The molecule has 1 aromatic rings. The predicted octanol–water partition coefficient (Wildman–Crippen LogP) is 2.70. The molecular formula is C14H24N4O. The number of nitrogen functional groups attached to an aromatic ring is 1. The van der Waals surface area contributed by atoms with Crippen LogP contribution in [0.5, 0.6) is 5.88 Å². The van der Waals surface area contributed by atoms with Crippen LogP contribution in [-0.4, -0.2) is 23.6 Å². The molecule has 1 aliphatic rings. The van der Waals surface area contributed by atoms with Crippen LogP contribution < -0.4 is 15.8 Å². The van der Waals surface area contributed by atoms with Crippen LogP contribution in [0.2, 0.25) is 0 Å². The first-order chi connectivity index (χ1) is 9.17. The smallest absolute Gasteiger partial charge is 0.225 e. The second kappa shape index (κ2) is 6.59. The lowest BCUT2D eigenvalue weighted by Gasteiger charge is -2.26. The van der Waals surface area contributed by atoms with Crippen molar-refractivity contribution in [1.82, 2.24) is 9.97 Å². The van der Waals surface area contributed by atoms with Gasteiger partial charge in [-0.05, 0) is 24.7 Å². The fraction of sp³-hybridized carbons (Fsp3) is 0.714. The van der Waals surface area contributed by atoms with Gasteiger partial charge in [-0.1, -0.05) is 26.2 Å². The molecule has 19 heavy (non-hydrogen) atoms. The van der Waals surface area contributed by atoms with Gasteiger partial charge in [0.05, 0.1) is 7.11 Å². The lowest BCUT2D eigenvalue weighted by Crippen LogP contribution is -2.17. The number of aromatic nitrogens is 2. The minimum atomic E-state index is 0.244. The van der Waals surface area contributed by atoms with Crippen LogP contribution in [0.3, 0.4) is 0 Å². The molecule has 2 rings (SSSR count). The third-order valence-electron chi connectivity index (χ3n) is 3.83. The lowest BCUT2D eigenvalue weighted by molar-refractivity contribution is 0.274. The van der Waals surface area contributed by atoms with Crippen molar-refractivity contribution >= 4 is 11.8 Å². The SMILES string of the molecule is COc1cc(NCCC2CCCC(C)C2)nc(N)n1. The van der Waals surface area contributed by atoms with Crippen molar-refractivity contribution in [2.24, 2.45) is 11.8 Å². The van der Waals surface area contributed by atoms with Gasteiger partial charge < -0.3 is 15.8 Å². The Labute approximate surface area is 115 Å². The van der Waals surface area contributed by atoms with Crippen LogP contribution in [0, 0.1) is 11.8 Å². The summed E-state index contributed by atoms with van der Waals surface area (Å²) in [5.41, 5.74) is 5.63. The van der Waals surface area contributed by atoms with E-state index in [2.05, 4.69) is 22.2 Å². The first-order valence-electron chi connectivity index (χ1n) is 7.09. The van der Waals surface area contributed by atoms with E-state index in [9.17, 15) is 0 Å². The third-order valence-corrected chi connectivity index (χ3v) is 3.83. The molecule has 106 valence electrons. The number of hydrogen-bond acceptors (Lipinski definition) is 5. The number of nitrogens with two attached hydrogens (primary N) is 1. The summed E-state index contributed by atoms with van der Waals surface area (Å²) in [6.45, 7) is 3.28. The average molecular weight is 264 g/mol. The maximum atomic E-state index is 5.63. The zero-order valence-corrected chi connectivity index (χ0v) is 11.9. The summed E-state index contributed by atoms with van der Waals surface area (Å²) < 4.78 is 5.07. The molecule has 0 bridgehead atoms. The minimum absolute atomic E-state index is 0.244. The Balaban J connectivity index is 1.80. The largest absolute Gasteiger partial charge is 0.481 e. The highest BCUT2D eigenvalue weighted by Gasteiger charge is 2.18. The van der Waals surface area contributed by atoms with Gasteiger partial charge in [0.2, 0.25) is 11.8 Å². The summed E-state index contributed by atoms with van der Waals surface area (Å²) in [6, 6.07) is 1.78. The summed E-state index contributed by atoms with van der Waals surface area (Å²) in [5.74, 6) is 3.22. The van der Waals surface area contributed by atoms with Crippen LogP contribution in [-0.2, 0) is 0 Å². The van der Waals surface area contributed by atoms with Gasteiger partial charge in [-0.25, -0.2) is 0 Å². The van der Waals surface area contributed by atoms with Crippen molar-refractivity contribution in [3.63, 3.8) is 0 Å². The summed E-state index contributed by atoms with van der Waals surface area (Å²) >= 11 is 0. The second-order valence-electron chi connectivity index (χ2n) is 5.51. The maximum Gasteiger partial charge on any atom is 0.225 e. The average Bonchev–Trinajstić information content (AvgIpc) is 2.38. The Morgan fingerprint density at radius 3 is 3.00 bits per heavy atom. The molecule has 0 amide bonds. The standard InChI is InChI=1S/C14H24N4O/c1-10-4-3-5-11(8-10)6-7-16-12-9-13(19-2)18-14(15)17-12/h9-11H,3-8H2,1-2H3,(H3,15,16,17,18). The Hall–Kier alpha value is -1.52. The number of hydrogen-bond donors (Lipinski definition) is 2. The van der Waals surface area contributed by atoms with Crippen molar-refractivity contribution in [2.75, 3.05) is 24.7 Å². The van der Waals surface area contributed by atoms with E-state index in [0.717, 1.165) is 24.2 Å². The molecule has 1 fully saturated rings. The quantitative estimate of drug-likeness (QED) is 0.855. The molecule has 2 unspecified atom stereocenters. The van der Waals surface area contributed by atoms with Crippen molar-refractivity contribution in [3.8, 4) is 5.88 Å². The summed E-state index contributed by atoms with van der Waals surface area (Å²) in [6.07, 6.45) is 6.68. The van der Waals surface area contributed by atoms with Gasteiger partial charge in [0, 0.05) is 12.6 Å². The number of nitrogens with one attached hydrogen (secondary N) is 1. The van der Waals surface area contributed by atoms with E-state index in [1.54, 1.807) is 13.2 Å². The van der Waals surface area contributed by atoms with Crippen LogP contribution in [0.15, 0.2) is 6.07 Å². The molecule has 0 spiro atoms. The molecule has 3 N–H and O–H groups in total. The van der Waals surface area contributed by atoms with Crippen LogP contribution >= 0.6 is 0 Å². The molecule has 1 aromatic heterocycles. The fourth-order valence-corrected chi connectivity index (χ4v) is 2.86. The maximum absolute atomic E-state index is 5.63. The zero-order chi connectivity index (χ0) is 13.7. The molecule has 0 radical (unpaired) electrons. The molecule has 0 saturated heterocycles. The second-order valence-corrected chi connectivity index (χ2v) is 5.51. The van der Waals surface area contributed by atoms with E-state index < -0.39 is 0 Å². The van der Waals surface area contributed by atoms with Gasteiger partial charge >= 0.3 is 0 Å². The van der Waals surface area contributed by atoms with E-state index in [0.29, 0.717) is 5.88 Å². The van der Waals surface area contributed by atoms with Gasteiger partial charge in [0.1, 0.15) is 5.82 Å². The van der Waals surface area contributed by atoms with E-state index in [1.807, 2.05) is 0 Å². The molecule has 0 aromatic carbocycles. The molecule has 1 saturated carbocycles. The number of anilines is 2. The minimum Gasteiger partial charge on any atom is -0.481 e. The highest BCUT2D eigenvalue weighted by atomic mass is 16.5. The van der Waals surface area contributed by atoms with Crippen molar-refractivity contribution in [1.29, 1.82) is 0 Å². The van der Waals surface area contributed by atoms with Crippen molar-refractivity contribution in [2.45, 2.75) is 39.0 Å². The van der Waals surface area contributed by atoms with E-state index in [-0.39, 0.29) is 5.95 Å². The van der Waals surface area contributed by atoms with Gasteiger partial charge in [-0.3, -0.25) is 0 Å². The fourth-order valence-electron chi connectivity index (χ4n) is 2.86. The first-order valence-corrected chi connectivity index (χ1v) is 7.09. The van der Waals surface area contributed by atoms with Crippen LogP contribution in [0.4, 0.5) is 11.8 Å². The van der Waals surface area contributed by atoms with E-state index in [4.69, 9.17) is 10.5 Å². The molecule has 1 heterocycles. The van der Waals surface area contributed by atoms with E-state index in [1.165, 1.54) is 32.1 Å². The summed E-state index contributed by atoms with van der Waals surface area (Å²) in [5, 5.41) is 3.31. The Morgan fingerprint density at radius 1 is 1.42 bits per heavy atom. The summed E-state index contributed by atoms with van der Waals surface area (Å²) in [4.78, 5) is 8.12. The monoisotopic (exact) mass is 264 g/mol. The predicted molar refractivity (Wildman–Crippen MR) is 77.2 cm³/mol. The Morgan fingerprint density at radius 2 is 2.26 bits per heavy atom. The van der Waals surface area contributed by atoms with Crippen LogP contribution in [0.1, 0.15) is 39.0 Å². The first kappa shape index (κ1) is 13.9. The molecule has 5 nitrogen and oxygen atoms in total. The summed E-state index contributed by atoms with van der Waals surface area (Å²) in [7, 11) is 1.58. The topological polar surface area (TPSA) is 73.1 Å². The molecule has 2 atom stereocenters. The van der Waals surface area contributed by atoms with Crippen molar-refractivity contribution in [3.05, 3.63) is 6.07 Å². The highest BCUT2D eigenvalue weighted by Crippen LogP contribution is 2.30. The number of rotatable bonds is 5. The van der Waals surface area contributed by atoms with Gasteiger partial charge in [-0.2, -0.15) is 9.97 Å². The number of nitrogens with zero attached hydrogens (tertiary/aromatic N) is 2. The van der Waals surface area contributed by atoms with E-state index >= 15 is 0 Å². The Bertz CT molecular complexity index is 410.